The first kappa shape index (κ1) is 30.7. The van der Waals surface area contributed by atoms with Gasteiger partial charge in [0.05, 0.1) is 0 Å². The van der Waals surface area contributed by atoms with E-state index in [1.54, 1.807) is 0 Å². The molecule has 0 amide bonds. The summed E-state index contributed by atoms with van der Waals surface area (Å²) in [5.41, 5.74) is 0. The van der Waals surface area contributed by atoms with Gasteiger partial charge in [-0.2, -0.15) is 8.42 Å². The summed E-state index contributed by atoms with van der Waals surface area (Å²) in [6.45, 7) is 0. The molecule has 0 saturated heterocycles. The molecule has 2 radical (unpaired) electrons. The molecule has 0 aromatic heterocycles. The first-order chi connectivity index (χ1) is 2.00. The summed E-state index contributed by atoms with van der Waals surface area (Å²) < 4.78 is 31.6. The quantitative estimate of drug-likeness (QED) is 0.407. The van der Waals surface area contributed by atoms with Crippen molar-refractivity contribution in [3.8, 4) is 0 Å². The molecule has 0 rings (SSSR count). The first-order valence-electron chi connectivity index (χ1n) is 0.698. The van der Waals surface area contributed by atoms with E-state index < -0.39 is 10.4 Å². The van der Waals surface area contributed by atoms with Crippen LogP contribution in [0.3, 0.4) is 0 Å². The van der Waals surface area contributed by atoms with Crippen molar-refractivity contribution in [3.05, 3.63) is 0 Å². The van der Waals surface area contributed by atoms with Crippen molar-refractivity contribution in [1.82, 2.24) is 0 Å². The zero-order valence-corrected chi connectivity index (χ0v) is 6.86. The fourth-order valence-electron chi connectivity index (χ4n) is 0. The van der Waals surface area contributed by atoms with Crippen LogP contribution in [0.5, 0.6) is 0 Å². The molecule has 0 aliphatic rings. The Morgan fingerprint density at radius 1 is 1.11 bits per heavy atom. The zero-order chi connectivity index (χ0) is 4.50. The second kappa shape index (κ2) is 12.6. The minimum atomic E-state index is -4.67. The van der Waals surface area contributed by atoms with E-state index in [2.05, 4.69) is 0 Å². The molecule has 0 unspecified atom stereocenters. The maximum atomic E-state index is 8.74. The molecule has 0 aliphatic carbocycles. The first-order valence-corrected chi connectivity index (χ1v) is 2.10. The standard InChI is InChI=1S/Al.Co.Cu.Ni.H2O4S.3H/c;;;;1-5(2,3)4;;;/h;;;;(H2,1,2,3,4);;;. The van der Waals surface area contributed by atoms with Crippen molar-refractivity contribution in [3.63, 3.8) is 0 Å². The molecule has 0 aromatic rings. The molecular weight excluding hydrogens is 304 g/mol. The minimum absolute atomic E-state index is 0. The maximum Gasteiger partial charge on any atom is 0.394 e. The van der Waals surface area contributed by atoms with Gasteiger partial charge in [-0.3, -0.25) is 9.11 Å². The van der Waals surface area contributed by atoms with Crippen molar-refractivity contribution < 1.29 is 67.9 Å². The van der Waals surface area contributed by atoms with E-state index in [-0.39, 0.29) is 67.7 Å². The Morgan fingerprint density at radius 3 is 1.11 bits per heavy atom. The molecule has 4 nitrogen and oxygen atoms in total. The molecule has 2 N–H and O–H groups in total. The Bertz CT molecular complexity index is 104. The van der Waals surface area contributed by atoms with E-state index in [1.165, 1.54) is 0 Å². The van der Waals surface area contributed by atoms with Crippen LogP contribution in [0.15, 0.2) is 0 Å². The summed E-state index contributed by atoms with van der Waals surface area (Å²) in [6, 6.07) is 0. The van der Waals surface area contributed by atoms with Gasteiger partial charge in [-0.05, 0) is 0 Å². The fraction of sp³-hybridized carbons (Fsp3) is 0. The second-order valence-corrected chi connectivity index (χ2v) is 1.34. The van der Waals surface area contributed by atoms with E-state index in [9.17, 15) is 0 Å². The van der Waals surface area contributed by atoms with Gasteiger partial charge in [0.25, 0.3) is 0 Å². The van der Waals surface area contributed by atoms with E-state index in [1.807, 2.05) is 0 Å². The average Bonchev–Trinajstić information content (AvgIpc) is 0.722. The SMILES string of the molecule is O=S(=O)(O)O.[AlH3].[Co].[Cu].[Ni]. The molecule has 0 fully saturated rings. The van der Waals surface area contributed by atoms with Gasteiger partial charge in [-0.25, -0.2) is 0 Å². The molecule has 0 aromatic carbocycles. The molecule has 68 valence electrons. The van der Waals surface area contributed by atoms with Crippen molar-refractivity contribution in [2.24, 2.45) is 0 Å². The Balaban J connectivity index is -0.0000000133. The average molecular weight is 309 g/mol. The van der Waals surface area contributed by atoms with Crippen LogP contribution in [0.2, 0.25) is 0 Å². The van der Waals surface area contributed by atoms with Crippen molar-refractivity contribution >= 4 is 27.8 Å². The van der Waals surface area contributed by atoms with E-state index in [0.29, 0.717) is 0 Å². The number of hydrogen-bond acceptors (Lipinski definition) is 2. The van der Waals surface area contributed by atoms with Crippen LogP contribution in [-0.4, -0.2) is 34.9 Å². The monoisotopic (exact) mass is 308 g/mol. The van der Waals surface area contributed by atoms with Gasteiger partial charge >= 0.3 is 10.4 Å². The molecule has 0 bridgehead atoms. The summed E-state index contributed by atoms with van der Waals surface area (Å²) in [5.74, 6) is 0. The maximum absolute atomic E-state index is 8.74. The molecule has 9 heteroatoms. The molecule has 0 spiro atoms. The van der Waals surface area contributed by atoms with Gasteiger partial charge < -0.3 is 0 Å². The van der Waals surface area contributed by atoms with Crippen LogP contribution in [0.25, 0.3) is 0 Å². The van der Waals surface area contributed by atoms with E-state index >= 15 is 0 Å². The molecule has 0 aliphatic heterocycles. The molecular formula is H5AlCoCuNiO4S. The van der Waals surface area contributed by atoms with E-state index in [4.69, 9.17) is 17.5 Å². The second-order valence-electron chi connectivity index (χ2n) is 0.448. The van der Waals surface area contributed by atoms with Gasteiger partial charge in [0, 0.05) is 50.3 Å². The largest absolute Gasteiger partial charge is 0.394 e. The molecule has 0 heterocycles. The van der Waals surface area contributed by atoms with Crippen LogP contribution in [-0.2, 0) is 60.7 Å². The van der Waals surface area contributed by atoms with Crippen LogP contribution in [0, 0.1) is 0 Å². The number of hydrogen-bond donors (Lipinski definition) is 2. The predicted octanol–water partition coefficient (Wildman–Crippen LogP) is -1.84. The number of rotatable bonds is 0. The zero-order valence-electron chi connectivity index (χ0n) is 3.07. The van der Waals surface area contributed by atoms with Crippen LogP contribution >= 0.6 is 0 Å². The smallest absolute Gasteiger partial charge is 0.264 e. The van der Waals surface area contributed by atoms with Crippen LogP contribution in [0.4, 0.5) is 0 Å². The van der Waals surface area contributed by atoms with Crippen molar-refractivity contribution in [2.45, 2.75) is 0 Å². The Hall–Kier alpha value is 1.92. The fourth-order valence-corrected chi connectivity index (χ4v) is 0. The Labute approximate surface area is 94.8 Å². The van der Waals surface area contributed by atoms with Crippen LogP contribution < -0.4 is 0 Å². The molecule has 9 heavy (non-hydrogen) atoms. The normalized spacial score (nSPS) is 6.44. The van der Waals surface area contributed by atoms with Gasteiger partial charge in [0.1, 0.15) is 0 Å². The third kappa shape index (κ3) is 169. The van der Waals surface area contributed by atoms with Gasteiger partial charge in [0.2, 0.25) is 0 Å². The van der Waals surface area contributed by atoms with Gasteiger partial charge in [-0.15, -0.1) is 0 Å². The Morgan fingerprint density at radius 2 is 1.11 bits per heavy atom. The van der Waals surface area contributed by atoms with Gasteiger partial charge in [0.15, 0.2) is 17.4 Å². The third-order valence-electron chi connectivity index (χ3n) is 0. The van der Waals surface area contributed by atoms with Crippen LogP contribution in [0.1, 0.15) is 0 Å². The summed E-state index contributed by atoms with van der Waals surface area (Å²) in [5, 5.41) is 0. The van der Waals surface area contributed by atoms with Crippen molar-refractivity contribution in [1.29, 1.82) is 0 Å². The third-order valence-corrected chi connectivity index (χ3v) is 0. The summed E-state index contributed by atoms with van der Waals surface area (Å²) in [6.07, 6.45) is 0. The molecule has 0 atom stereocenters. The van der Waals surface area contributed by atoms with Gasteiger partial charge in [-0.1, -0.05) is 0 Å². The molecule has 0 saturated carbocycles. The minimum Gasteiger partial charge on any atom is -0.264 e. The Kier molecular flexibility index (Phi) is 42.9. The van der Waals surface area contributed by atoms with Crippen molar-refractivity contribution in [2.75, 3.05) is 0 Å². The van der Waals surface area contributed by atoms with E-state index in [0.717, 1.165) is 0 Å². The predicted molar refractivity (Wildman–Crippen MR) is 24.1 cm³/mol. The topological polar surface area (TPSA) is 74.6 Å². The summed E-state index contributed by atoms with van der Waals surface area (Å²) in [7, 11) is -4.67. The summed E-state index contributed by atoms with van der Waals surface area (Å²) in [4.78, 5) is 0. The summed E-state index contributed by atoms with van der Waals surface area (Å²) >= 11 is 0.